The van der Waals surface area contributed by atoms with E-state index in [1.807, 2.05) is 24.3 Å². The molecule has 1 unspecified atom stereocenters. The second kappa shape index (κ2) is 10.1. The Kier molecular flexibility index (Phi) is 7.27. The first-order valence-corrected chi connectivity index (χ1v) is 10.5. The Morgan fingerprint density at radius 3 is 2.63 bits per heavy atom. The summed E-state index contributed by atoms with van der Waals surface area (Å²) in [5, 5.41) is 2.86. The van der Waals surface area contributed by atoms with Gasteiger partial charge >= 0.3 is 0 Å². The smallest absolute Gasteiger partial charge is 0.255 e. The molecule has 3 N–H and O–H groups in total. The third kappa shape index (κ3) is 5.95. The van der Waals surface area contributed by atoms with Crippen LogP contribution >= 0.6 is 0 Å². The van der Waals surface area contributed by atoms with Crippen LogP contribution in [0.25, 0.3) is 0 Å². The van der Waals surface area contributed by atoms with Crippen molar-refractivity contribution in [2.24, 2.45) is 17.6 Å². The Bertz CT molecular complexity index is 850. The molecular weight excluding hydrogens is 380 g/mol. The van der Waals surface area contributed by atoms with E-state index in [1.54, 1.807) is 18.3 Å². The summed E-state index contributed by atoms with van der Waals surface area (Å²) in [5.74, 6) is 1.52. The highest BCUT2D eigenvalue weighted by molar-refractivity contribution is 6.04. The highest BCUT2D eigenvalue weighted by Gasteiger charge is 2.24. The van der Waals surface area contributed by atoms with Gasteiger partial charge in [0, 0.05) is 18.7 Å². The number of carbonyl (C=O) groups is 2. The number of aromatic nitrogens is 1. The van der Waals surface area contributed by atoms with Gasteiger partial charge in [0.2, 0.25) is 5.91 Å². The summed E-state index contributed by atoms with van der Waals surface area (Å²) >= 11 is 0. The van der Waals surface area contributed by atoms with E-state index >= 15 is 0 Å². The van der Waals surface area contributed by atoms with Gasteiger partial charge in [-0.3, -0.25) is 9.59 Å². The molecule has 1 aliphatic heterocycles. The SMILES string of the molecule is CC(C)CCOc1ccc(C(=O)Nc2ccc(N3CCCC(C(N)=O)C3)nc2)cc1. The molecule has 0 saturated carbocycles. The standard InChI is InChI=1S/C23H30N4O3/c1-16(2)11-13-30-20-8-5-17(6-9-20)23(29)26-19-7-10-21(25-14-19)27-12-3-4-18(15-27)22(24)28/h5-10,14,16,18H,3-4,11-13,15H2,1-2H3,(H2,24,28)(H,26,29). The number of benzene rings is 1. The van der Waals surface area contributed by atoms with Crippen LogP contribution in [-0.2, 0) is 4.79 Å². The summed E-state index contributed by atoms with van der Waals surface area (Å²) in [4.78, 5) is 30.5. The van der Waals surface area contributed by atoms with Gasteiger partial charge < -0.3 is 20.7 Å². The van der Waals surface area contributed by atoms with Crippen molar-refractivity contribution in [3.05, 3.63) is 48.2 Å². The number of amides is 2. The summed E-state index contributed by atoms with van der Waals surface area (Å²) in [6.45, 7) is 6.40. The number of nitrogens with zero attached hydrogens (tertiary/aromatic N) is 2. The molecule has 1 aromatic heterocycles. The molecule has 1 saturated heterocycles. The average molecular weight is 411 g/mol. The number of hydrogen-bond donors (Lipinski definition) is 2. The monoisotopic (exact) mass is 410 g/mol. The largest absolute Gasteiger partial charge is 0.494 e. The van der Waals surface area contributed by atoms with Gasteiger partial charge in [-0.1, -0.05) is 13.8 Å². The molecule has 1 aromatic carbocycles. The molecule has 2 heterocycles. The first-order chi connectivity index (χ1) is 14.4. The van der Waals surface area contributed by atoms with Crippen LogP contribution < -0.4 is 20.7 Å². The molecule has 2 aromatic rings. The van der Waals surface area contributed by atoms with Crippen LogP contribution in [0.3, 0.4) is 0 Å². The van der Waals surface area contributed by atoms with E-state index in [0.717, 1.165) is 37.4 Å². The number of ether oxygens (including phenoxy) is 1. The fourth-order valence-corrected chi connectivity index (χ4v) is 3.38. The normalized spacial score (nSPS) is 16.4. The summed E-state index contributed by atoms with van der Waals surface area (Å²) in [7, 11) is 0. The van der Waals surface area contributed by atoms with Crippen molar-refractivity contribution in [1.82, 2.24) is 4.98 Å². The number of anilines is 2. The zero-order valence-electron chi connectivity index (χ0n) is 17.6. The van der Waals surface area contributed by atoms with Crippen LogP contribution in [-0.4, -0.2) is 36.5 Å². The van der Waals surface area contributed by atoms with E-state index in [0.29, 0.717) is 30.3 Å². The van der Waals surface area contributed by atoms with E-state index in [4.69, 9.17) is 10.5 Å². The molecule has 0 bridgehead atoms. The number of pyridine rings is 1. The summed E-state index contributed by atoms with van der Waals surface area (Å²) in [5.41, 5.74) is 6.61. The fraction of sp³-hybridized carbons (Fsp3) is 0.435. The lowest BCUT2D eigenvalue weighted by Gasteiger charge is -2.32. The Morgan fingerprint density at radius 2 is 2.00 bits per heavy atom. The maximum absolute atomic E-state index is 12.5. The zero-order chi connectivity index (χ0) is 21.5. The van der Waals surface area contributed by atoms with Crippen molar-refractivity contribution in [2.45, 2.75) is 33.1 Å². The maximum atomic E-state index is 12.5. The Balaban J connectivity index is 1.55. The number of carbonyl (C=O) groups excluding carboxylic acids is 2. The van der Waals surface area contributed by atoms with Gasteiger partial charge in [0.15, 0.2) is 0 Å². The van der Waals surface area contributed by atoms with Crippen LogP contribution in [0.4, 0.5) is 11.5 Å². The molecule has 1 fully saturated rings. The lowest BCUT2D eigenvalue weighted by atomic mass is 9.97. The minimum Gasteiger partial charge on any atom is -0.494 e. The van der Waals surface area contributed by atoms with Crippen LogP contribution in [0.15, 0.2) is 42.6 Å². The molecule has 160 valence electrons. The molecule has 7 nitrogen and oxygen atoms in total. The van der Waals surface area contributed by atoms with Crippen molar-refractivity contribution in [3.63, 3.8) is 0 Å². The van der Waals surface area contributed by atoms with E-state index in [9.17, 15) is 9.59 Å². The maximum Gasteiger partial charge on any atom is 0.255 e. The molecular formula is C23H30N4O3. The predicted octanol–water partition coefficient (Wildman–Crippen LogP) is 3.46. The van der Waals surface area contributed by atoms with Crippen molar-refractivity contribution >= 4 is 23.3 Å². The number of nitrogens with two attached hydrogens (primary N) is 1. The zero-order valence-corrected chi connectivity index (χ0v) is 17.6. The summed E-state index contributed by atoms with van der Waals surface area (Å²) in [6, 6.07) is 10.8. The van der Waals surface area contributed by atoms with E-state index in [2.05, 4.69) is 29.0 Å². The van der Waals surface area contributed by atoms with E-state index in [1.165, 1.54) is 0 Å². The average Bonchev–Trinajstić information content (AvgIpc) is 2.74. The number of primary amides is 1. The molecule has 0 aliphatic carbocycles. The Labute approximate surface area is 177 Å². The Hall–Kier alpha value is -3.09. The van der Waals surface area contributed by atoms with Gasteiger partial charge in [0.1, 0.15) is 11.6 Å². The molecule has 0 radical (unpaired) electrons. The highest BCUT2D eigenvalue weighted by atomic mass is 16.5. The van der Waals surface area contributed by atoms with Crippen molar-refractivity contribution in [2.75, 3.05) is 29.9 Å². The molecule has 3 rings (SSSR count). The van der Waals surface area contributed by atoms with Crippen LogP contribution in [0.2, 0.25) is 0 Å². The minimum absolute atomic E-state index is 0.141. The first-order valence-electron chi connectivity index (χ1n) is 10.5. The quantitative estimate of drug-likeness (QED) is 0.695. The van der Waals surface area contributed by atoms with Crippen LogP contribution in [0, 0.1) is 11.8 Å². The van der Waals surface area contributed by atoms with Crippen molar-refractivity contribution < 1.29 is 14.3 Å². The third-order valence-corrected chi connectivity index (χ3v) is 5.23. The van der Waals surface area contributed by atoms with Gasteiger partial charge in [-0.25, -0.2) is 4.98 Å². The third-order valence-electron chi connectivity index (χ3n) is 5.23. The molecule has 2 amide bonds. The molecule has 30 heavy (non-hydrogen) atoms. The number of rotatable bonds is 8. The van der Waals surface area contributed by atoms with Gasteiger partial charge in [-0.15, -0.1) is 0 Å². The lowest BCUT2D eigenvalue weighted by molar-refractivity contribution is -0.122. The second-order valence-corrected chi connectivity index (χ2v) is 8.10. The first kappa shape index (κ1) is 21.6. The second-order valence-electron chi connectivity index (χ2n) is 8.10. The number of piperidine rings is 1. The predicted molar refractivity (Wildman–Crippen MR) is 118 cm³/mol. The molecule has 0 spiro atoms. The van der Waals surface area contributed by atoms with E-state index < -0.39 is 0 Å². The topological polar surface area (TPSA) is 97.5 Å². The van der Waals surface area contributed by atoms with Crippen LogP contribution in [0.5, 0.6) is 5.75 Å². The van der Waals surface area contributed by atoms with Gasteiger partial charge in [0.25, 0.3) is 5.91 Å². The molecule has 1 atom stereocenters. The lowest BCUT2D eigenvalue weighted by Crippen LogP contribution is -2.41. The summed E-state index contributed by atoms with van der Waals surface area (Å²) in [6.07, 6.45) is 4.35. The van der Waals surface area contributed by atoms with Crippen molar-refractivity contribution in [1.29, 1.82) is 0 Å². The number of nitrogens with one attached hydrogen (secondary N) is 1. The van der Waals surface area contributed by atoms with Crippen LogP contribution in [0.1, 0.15) is 43.5 Å². The number of hydrogen-bond acceptors (Lipinski definition) is 5. The molecule has 1 aliphatic rings. The van der Waals surface area contributed by atoms with Gasteiger partial charge in [0.05, 0.1) is 24.4 Å². The minimum atomic E-state index is -0.264. The van der Waals surface area contributed by atoms with Crippen molar-refractivity contribution in [3.8, 4) is 5.75 Å². The molecule has 7 heteroatoms. The highest BCUT2D eigenvalue weighted by Crippen LogP contribution is 2.23. The van der Waals surface area contributed by atoms with Gasteiger partial charge in [-0.2, -0.15) is 0 Å². The Morgan fingerprint density at radius 1 is 1.23 bits per heavy atom. The fourth-order valence-electron chi connectivity index (χ4n) is 3.38. The summed E-state index contributed by atoms with van der Waals surface area (Å²) < 4.78 is 5.69. The van der Waals surface area contributed by atoms with Gasteiger partial charge in [-0.05, 0) is 61.6 Å². The van der Waals surface area contributed by atoms with E-state index in [-0.39, 0.29) is 17.7 Å².